The molecule has 0 saturated carbocycles. The molecule has 312 valence electrons. The smallest absolute Gasteiger partial charge is 0.164 e. The average Bonchev–Trinajstić information content (AvgIpc) is 3.14. The first-order valence-corrected chi connectivity index (χ1v) is 21.0. The number of anilines is 3. The van der Waals surface area contributed by atoms with Crippen LogP contribution in [0.4, 0.5) is 17.1 Å². The zero-order valence-electron chi connectivity index (χ0n) is 53.0. The van der Waals surface area contributed by atoms with Crippen molar-refractivity contribution < 1.29 is 29.1 Å². The van der Waals surface area contributed by atoms with Gasteiger partial charge in [-0.2, -0.15) is 0 Å². The molecule has 0 spiro atoms. The first-order valence-electron chi connectivity index (χ1n) is 30.0. The normalized spacial score (nSPS) is 16.6. The second-order valence-corrected chi connectivity index (χ2v) is 16.2. The van der Waals surface area contributed by atoms with Crippen LogP contribution in [0, 0.1) is 0 Å². The SMILES string of the molecule is [2H]c1c([2H])c([2H])c2c(c1[2H])-c1c([2H])c([2H])c(N(c3c([2H])c([2H])c(-c4nc(-c5ccccc5)nc(-c5cccc6c5c5ccccc5n6-c5ccccc5)n4)c([2H])c3[2H])c3c([2H])c([2H])c([2H])c4oc5c([2H])c([2H])c([2H])c([2H])c5c34)c([2H])c1C2(C)C. The summed E-state index contributed by atoms with van der Waals surface area (Å²) in [5.41, 5.74) is -2.11. The molecule has 6 nitrogen and oxygen atoms in total. The molecule has 6 heteroatoms. The van der Waals surface area contributed by atoms with Gasteiger partial charge in [-0.25, -0.2) is 15.0 Å². The third kappa shape index (κ3) is 5.85. The molecule has 0 saturated heterocycles. The summed E-state index contributed by atoms with van der Waals surface area (Å²) in [5.74, 6) is -0.108. The maximum atomic E-state index is 10.2. The molecule has 0 fully saturated rings. The lowest BCUT2D eigenvalue weighted by Crippen LogP contribution is -2.16. The van der Waals surface area contributed by atoms with E-state index in [-0.39, 0.29) is 39.7 Å². The van der Waals surface area contributed by atoms with Crippen LogP contribution in [0.2, 0.25) is 0 Å². The molecule has 1 aliphatic carbocycles. The fourth-order valence-electron chi connectivity index (χ4n) is 9.02. The Bertz CT molecular complexity index is 4900. The van der Waals surface area contributed by atoms with E-state index >= 15 is 0 Å². The minimum atomic E-state index is -1.56. The largest absolute Gasteiger partial charge is 0.456 e. The van der Waals surface area contributed by atoms with Crippen molar-refractivity contribution >= 4 is 60.8 Å². The molecule has 0 N–H and O–H groups in total. The Morgan fingerprint density at radius 1 is 0.485 bits per heavy atom. The van der Waals surface area contributed by atoms with Gasteiger partial charge < -0.3 is 13.9 Å². The fourth-order valence-corrected chi connectivity index (χ4v) is 9.02. The number of para-hydroxylation sites is 3. The Kier molecular flexibility index (Phi) is 5.33. The van der Waals surface area contributed by atoms with Crippen LogP contribution in [0.25, 0.3) is 94.7 Å². The monoisotopic (exact) mass is 865 g/mol. The zero-order valence-corrected chi connectivity index (χ0v) is 35.0. The third-order valence-corrected chi connectivity index (χ3v) is 12.0. The van der Waals surface area contributed by atoms with Crippen molar-refractivity contribution in [3.05, 3.63) is 223 Å². The molecule has 13 rings (SSSR count). The Morgan fingerprint density at radius 3 is 2.00 bits per heavy atom. The van der Waals surface area contributed by atoms with Crippen molar-refractivity contribution in [1.29, 1.82) is 0 Å². The molecule has 3 aromatic heterocycles. The van der Waals surface area contributed by atoms with Crippen LogP contribution in [0.3, 0.4) is 0 Å². The molecule has 0 amide bonds. The van der Waals surface area contributed by atoms with E-state index in [9.17, 15) is 13.7 Å². The van der Waals surface area contributed by atoms with E-state index in [4.69, 9.17) is 30.3 Å². The highest BCUT2D eigenvalue weighted by Gasteiger charge is 2.36. The van der Waals surface area contributed by atoms with Gasteiger partial charge >= 0.3 is 0 Å². The molecule has 0 unspecified atom stereocenters. The van der Waals surface area contributed by atoms with Gasteiger partial charge in [-0.05, 0) is 101 Å². The second kappa shape index (κ2) is 14.7. The van der Waals surface area contributed by atoms with Gasteiger partial charge in [0.05, 0.1) is 46.8 Å². The lowest BCUT2D eigenvalue weighted by Gasteiger charge is -2.28. The summed E-state index contributed by atoms with van der Waals surface area (Å²) in [6.07, 6.45) is 0. The summed E-state index contributed by atoms with van der Waals surface area (Å²) in [6, 6.07) is 18.7. The van der Waals surface area contributed by atoms with E-state index in [0.29, 0.717) is 11.1 Å². The Labute approximate surface area is 407 Å². The van der Waals surface area contributed by atoms with Gasteiger partial charge in [-0.1, -0.05) is 147 Å². The van der Waals surface area contributed by atoms with Gasteiger partial charge in [-0.3, -0.25) is 0 Å². The highest BCUT2D eigenvalue weighted by atomic mass is 16.3. The van der Waals surface area contributed by atoms with E-state index < -0.39 is 159 Å². The Hall–Kier alpha value is -8.61. The topological polar surface area (TPSA) is 60.0 Å². The van der Waals surface area contributed by atoms with Gasteiger partial charge in [0.1, 0.15) is 11.2 Å². The molecule has 1 aliphatic rings. The summed E-state index contributed by atoms with van der Waals surface area (Å²) in [5, 5.41) is 0.709. The average molecular weight is 866 g/mol. The van der Waals surface area contributed by atoms with Crippen LogP contribution >= 0.6 is 0 Å². The molecular weight excluding hydrogens is 807 g/mol. The lowest BCUT2D eigenvalue weighted by atomic mass is 9.82. The quantitative estimate of drug-likeness (QED) is 0.160. The minimum Gasteiger partial charge on any atom is -0.456 e. The highest BCUT2D eigenvalue weighted by molar-refractivity contribution is 6.16. The molecule has 0 aliphatic heterocycles. The van der Waals surface area contributed by atoms with Crippen molar-refractivity contribution in [2.24, 2.45) is 0 Å². The molecule has 0 bridgehead atoms. The highest BCUT2D eigenvalue weighted by Crippen LogP contribution is 2.51. The van der Waals surface area contributed by atoms with Crippen LogP contribution in [0.1, 0.15) is 49.6 Å². The standard InChI is InChI=1S/C60H41N5O/c1-60(2)48-25-12-9-21-43(48)44-36-35-42(37-49(44)60)64(52-28-16-30-54-56(52)46-23-11-14-29-53(46)66-54)41-33-31-39(32-34-41)58-61-57(38-17-5-3-6-18-38)62-59(63-58)47-24-15-27-51-55(47)45-22-10-13-26-50(45)65(51)40-19-7-4-8-20-40/h3-37H,1-2H3/i9D,11D,12D,14D,16D,21D,23D,25D,28D,29D,30D,31D,32D,33D,34D,35D,36D,37D. The summed E-state index contributed by atoms with van der Waals surface area (Å²) in [4.78, 5) is 15.6. The molecule has 0 radical (unpaired) electrons. The minimum absolute atomic E-state index is 0.000572. The van der Waals surface area contributed by atoms with Crippen LogP contribution < -0.4 is 4.90 Å². The van der Waals surface area contributed by atoms with Crippen LogP contribution in [-0.4, -0.2) is 19.5 Å². The molecular formula is C60H41N5O. The number of fused-ring (bicyclic) bond motifs is 9. The molecule has 9 aromatic carbocycles. The van der Waals surface area contributed by atoms with Crippen molar-refractivity contribution in [1.82, 2.24) is 19.5 Å². The van der Waals surface area contributed by atoms with Gasteiger partial charge in [-0.15, -0.1) is 0 Å². The summed E-state index contributed by atoms with van der Waals surface area (Å²) >= 11 is 0. The number of hydrogen-bond donors (Lipinski definition) is 0. The van der Waals surface area contributed by atoms with Crippen LogP contribution in [-0.2, 0) is 5.41 Å². The van der Waals surface area contributed by atoms with Gasteiger partial charge in [0.25, 0.3) is 0 Å². The third-order valence-electron chi connectivity index (χ3n) is 12.0. The number of nitrogens with zero attached hydrogens (tertiary/aromatic N) is 5. The Morgan fingerprint density at radius 2 is 1.15 bits per heavy atom. The maximum Gasteiger partial charge on any atom is 0.164 e. The summed E-state index contributed by atoms with van der Waals surface area (Å²) in [7, 11) is 0. The van der Waals surface area contributed by atoms with Crippen molar-refractivity contribution in [3.63, 3.8) is 0 Å². The van der Waals surface area contributed by atoms with Crippen LogP contribution in [0.5, 0.6) is 0 Å². The van der Waals surface area contributed by atoms with E-state index in [0.717, 1.165) is 32.4 Å². The number of benzene rings is 9. The second-order valence-electron chi connectivity index (χ2n) is 16.2. The molecule has 66 heavy (non-hydrogen) atoms. The zero-order chi connectivity index (χ0) is 59.6. The van der Waals surface area contributed by atoms with Gasteiger partial charge in [0.2, 0.25) is 0 Å². The van der Waals surface area contributed by atoms with E-state index in [1.807, 2.05) is 72.8 Å². The van der Waals surface area contributed by atoms with Gasteiger partial charge in [0, 0.05) is 55.3 Å². The predicted molar refractivity (Wildman–Crippen MR) is 270 cm³/mol. The molecule has 0 atom stereocenters. The van der Waals surface area contributed by atoms with E-state index in [1.165, 1.54) is 0 Å². The molecule has 3 heterocycles. The molecule has 12 aromatic rings. The maximum absolute atomic E-state index is 10.2. The van der Waals surface area contributed by atoms with Crippen molar-refractivity contribution in [2.75, 3.05) is 4.90 Å². The summed E-state index contributed by atoms with van der Waals surface area (Å²) < 4.78 is 177. The Balaban J connectivity index is 1.14. The number of hydrogen-bond acceptors (Lipinski definition) is 5. The van der Waals surface area contributed by atoms with Crippen LogP contribution in [0.15, 0.2) is 216 Å². The predicted octanol–water partition coefficient (Wildman–Crippen LogP) is 15.6. The number of furan rings is 1. The van der Waals surface area contributed by atoms with Gasteiger partial charge in [0.15, 0.2) is 17.5 Å². The van der Waals surface area contributed by atoms with E-state index in [1.54, 1.807) is 44.2 Å². The number of aromatic nitrogens is 4. The summed E-state index contributed by atoms with van der Waals surface area (Å²) in [6.45, 7) is 3.11. The first-order chi connectivity index (χ1) is 40.0. The number of rotatable bonds is 7. The van der Waals surface area contributed by atoms with E-state index in [2.05, 4.69) is 4.57 Å². The van der Waals surface area contributed by atoms with Crippen molar-refractivity contribution in [2.45, 2.75) is 19.3 Å². The van der Waals surface area contributed by atoms with Crippen molar-refractivity contribution in [3.8, 4) is 51.0 Å². The fraction of sp³-hybridized carbons (Fsp3) is 0.0500. The first kappa shape index (κ1) is 23.9. The lowest BCUT2D eigenvalue weighted by molar-refractivity contribution is 0.660.